The first-order valence-electron chi connectivity index (χ1n) is 8.39. The summed E-state index contributed by atoms with van der Waals surface area (Å²) in [4.78, 5) is 2.53. The first-order chi connectivity index (χ1) is 10.1. The molecule has 2 unspecified atom stereocenters. The Hall–Kier alpha value is -0.730. The smallest absolute Gasteiger partial charge is 0.0426 e. The minimum atomic E-state index is 0.185. The Morgan fingerprint density at radius 2 is 2.14 bits per heavy atom. The lowest BCUT2D eigenvalue weighted by molar-refractivity contribution is 0.435. The molecule has 2 atom stereocenters. The molecule has 1 aromatic rings. The van der Waals surface area contributed by atoms with E-state index in [4.69, 9.17) is 17.3 Å². The highest BCUT2D eigenvalue weighted by molar-refractivity contribution is 6.30. The van der Waals surface area contributed by atoms with E-state index in [1.165, 1.54) is 43.4 Å². The van der Waals surface area contributed by atoms with Gasteiger partial charge in [-0.1, -0.05) is 37.4 Å². The summed E-state index contributed by atoms with van der Waals surface area (Å²) in [5.74, 6) is 0.899. The van der Waals surface area contributed by atoms with Crippen LogP contribution in [0.2, 0.25) is 5.02 Å². The molecule has 21 heavy (non-hydrogen) atoms. The van der Waals surface area contributed by atoms with E-state index in [0.29, 0.717) is 0 Å². The SMILES string of the molecule is CCCC1CCCN(c2cc(Cl)ccc2CC(C)N)CC1. The Morgan fingerprint density at radius 1 is 1.33 bits per heavy atom. The molecule has 0 amide bonds. The molecule has 1 aliphatic rings. The zero-order valence-corrected chi connectivity index (χ0v) is 14.2. The second-order valence-electron chi connectivity index (χ2n) is 6.53. The van der Waals surface area contributed by atoms with Crippen LogP contribution in [-0.2, 0) is 6.42 Å². The van der Waals surface area contributed by atoms with Crippen LogP contribution in [0.25, 0.3) is 0 Å². The van der Waals surface area contributed by atoms with Crippen LogP contribution in [0.15, 0.2) is 18.2 Å². The van der Waals surface area contributed by atoms with E-state index in [2.05, 4.69) is 30.9 Å². The zero-order valence-electron chi connectivity index (χ0n) is 13.4. The number of rotatable bonds is 5. The maximum Gasteiger partial charge on any atom is 0.0426 e. The number of hydrogen-bond acceptors (Lipinski definition) is 2. The average molecular weight is 309 g/mol. The van der Waals surface area contributed by atoms with Gasteiger partial charge in [0.05, 0.1) is 0 Å². The van der Waals surface area contributed by atoms with Gasteiger partial charge in [-0.15, -0.1) is 0 Å². The number of halogens is 1. The van der Waals surface area contributed by atoms with Crippen molar-refractivity contribution in [3.8, 4) is 0 Å². The maximum atomic E-state index is 6.23. The summed E-state index contributed by atoms with van der Waals surface area (Å²) in [7, 11) is 0. The Balaban J connectivity index is 2.14. The van der Waals surface area contributed by atoms with Gasteiger partial charge in [0, 0.05) is 29.8 Å². The Labute approximate surface area is 134 Å². The molecule has 0 spiro atoms. The summed E-state index contributed by atoms with van der Waals surface area (Å²) in [5.41, 5.74) is 8.64. The number of benzene rings is 1. The lowest BCUT2D eigenvalue weighted by atomic mass is 9.96. The summed E-state index contributed by atoms with van der Waals surface area (Å²) in [5, 5.41) is 0.827. The van der Waals surface area contributed by atoms with Gasteiger partial charge in [0.15, 0.2) is 0 Å². The largest absolute Gasteiger partial charge is 0.371 e. The highest BCUT2D eigenvalue weighted by Crippen LogP contribution is 2.30. The van der Waals surface area contributed by atoms with Crippen LogP contribution in [-0.4, -0.2) is 19.1 Å². The second kappa shape index (κ2) is 8.05. The van der Waals surface area contributed by atoms with Gasteiger partial charge in [0.25, 0.3) is 0 Å². The fraction of sp³-hybridized carbons (Fsp3) is 0.667. The summed E-state index contributed by atoms with van der Waals surface area (Å²) in [6.45, 7) is 6.65. The number of nitrogens with zero attached hydrogens (tertiary/aromatic N) is 1. The molecule has 0 radical (unpaired) electrons. The Morgan fingerprint density at radius 3 is 2.86 bits per heavy atom. The molecule has 1 aliphatic heterocycles. The van der Waals surface area contributed by atoms with Crippen molar-refractivity contribution in [1.82, 2.24) is 0 Å². The minimum Gasteiger partial charge on any atom is -0.371 e. The molecule has 0 bridgehead atoms. The highest BCUT2D eigenvalue weighted by Gasteiger charge is 2.19. The van der Waals surface area contributed by atoms with Gasteiger partial charge in [-0.2, -0.15) is 0 Å². The Kier molecular flexibility index (Phi) is 6.38. The first-order valence-corrected chi connectivity index (χ1v) is 8.77. The fourth-order valence-corrected chi connectivity index (χ4v) is 3.62. The molecule has 2 nitrogen and oxygen atoms in total. The lowest BCUT2D eigenvalue weighted by Gasteiger charge is -2.26. The highest BCUT2D eigenvalue weighted by atomic mass is 35.5. The summed E-state index contributed by atoms with van der Waals surface area (Å²) >= 11 is 6.23. The predicted octanol–water partition coefficient (Wildman–Crippen LogP) is 4.64. The van der Waals surface area contributed by atoms with Gasteiger partial charge >= 0.3 is 0 Å². The summed E-state index contributed by atoms with van der Waals surface area (Å²) in [6, 6.07) is 6.44. The molecule has 1 fully saturated rings. The minimum absolute atomic E-state index is 0.185. The molecule has 2 rings (SSSR count). The van der Waals surface area contributed by atoms with Gasteiger partial charge in [-0.3, -0.25) is 0 Å². The molecule has 1 aromatic carbocycles. The van der Waals surface area contributed by atoms with E-state index in [-0.39, 0.29) is 6.04 Å². The molecule has 118 valence electrons. The quantitative estimate of drug-likeness (QED) is 0.859. The number of nitrogens with two attached hydrogens (primary N) is 1. The van der Waals surface area contributed by atoms with E-state index in [1.54, 1.807) is 0 Å². The van der Waals surface area contributed by atoms with Crippen LogP contribution in [0.5, 0.6) is 0 Å². The Bertz CT molecular complexity index is 445. The van der Waals surface area contributed by atoms with Gasteiger partial charge in [-0.05, 0) is 56.2 Å². The normalized spacial score (nSPS) is 21.1. The van der Waals surface area contributed by atoms with Crippen molar-refractivity contribution >= 4 is 17.3 Å². The molecular formula is C18H29ClN2. The molecule has 2 N–H and O–H groups in total. The fourth-order valence-electron chi connectivity index (χ4n) is 3.45. The van der Waals surface area contributed by atoms with E-state index in [9.17, 15) is 0 Å². The third-order valence-corrected chi connectivity index (χ3v) is 4.71. The van der Waals surface area contributed by atoms with Crippen molar-refractivity contribution in [2.45, 2.75) is 58.4 Å². The monoisotopic (exact) mass is 308 g/mol. The van der Waals surface area contributed by atoms with Crippen molar-refractivity contribution in [3.05, 3.63) is 28.8 Å². The van der Waals surface area contributed by atoms with Crippen molar-refractivity contribution in [1.29, 1.82) is 0 Å². The van der Waals surface area contributed by atoms with Crippen molar-refractivity contribution in [2.24, 2.45) is 11.7 Å². The lowest BCUT2D eigenvalue weighted by Crippen LogP contribution is -2.27. The standard InChI is InChI=1S/C18H29ClN2/c1-3-5-15-6-4-10-21(11-9-15)18-13-17(19)8-7-16(18)12-14(2)20/h7-8,13-15H,3-6,9-12,20H2,1-2H3. The predicted molar refractivity (Wildman–Crippen MR) is 93.3 cm³/mol. The van der Waals surface area contributed by atoms with Crippen LogP contribution in [0.1, 0.15) is 51.5 Å². The molecular weight excluding hydrogens is 280 g/mol. The summed E-state index contributed by atoms with van der Waals surface area (Å²) in [6.07, 6.45) is 7.55. The van der Waals surface area contributed by atoms with Crippen LogP contribution in [0.4, 0.5) is 5.69 Å². The van der Waals surface area contributed by atoms with E-state index in [0.717, 1.165) is 30.5 Å². The van der Waals surface area contributed by atoms with Gasteiger partial charge in [0.2, 0.25) is 0 Å². The molecule has 0 aliphatic carbocycles. The van der Waals surface area contributed by atoms with Crippen LogP contribution in [0, 0.1) is 5.92 Å². The van der Waals surface area contributed by atoms with E-state index >= 15 is 0 Å². The van der Waals surface area contributed by atoms with Gasteiger partial charge in [0.1, 0.15) is 0 Å². The van der Waals surface area contributed by atoms with Gasteiger partial charge in [-0.25, -0.2) is 0 Å². The number of hydrogen-bond donors (Lipinski definition) is 1. The third-order valence-electron chi connectivity index (χ3n) is 4.47. The van der Waals surface area contributed by atoms with Crippen molar-refractivity contribution in [3.63, 3.8) is 0 Å². The molecule has 3 heteroatoms. The average Bonchev–Trinajstić information content (AvgIpc) is 2.66. The molecule has 1 saturated heterocycles. The third kappa shape index (κ3) is 4.89. The molecule has 1 heterocycles. The topological polar surface area (TPSA) is 29.3 Å². The van der Waals surface area contributed by atoms with Crippen LogP contribution < -0.4 is 10.6 Å². The second-order valence-corrected chi connectivity index (χ2v) is 6.96. The van der Waals surface area contributed by atoms with Crippen molar-refractivity contribution < 1.29 is 0 Å². The molecule has 0 aromatic heterocycles. The van der Waals surface area contributed by atoms with E-state index < -0.39 is 0 Å². The summed E-state index contributed by atoms with van der Waals surface area (Å²) < 4.78 is 0. The number of anilines is 1. The maximum absolute atomic E-state index is 6.23. The first kappa shape index (κ1) is 16.6. The van der Waals surface area contributed by atoms with Crippen LogP contribution >= 0.6 is 11.6 Å². The van der Waals surface area contributed by atoms with Gasteiger partial charge < -0.3 is 10.6 Å². The van der Waals surface area contributed by atoms with Crippen molar-refractivity contribution in [2.75, 3.05) is 18.0 Å². The zero-order chi connectivity index (χ0) is 15.2. The van der Waals surface area contributed by atoms with E-state index in [1.807, 2.05) is 6.07 Å². The molecule has 0 saturated carbocycles. The van der Waals surface area contributed by atoms with Crippen LogP contribution in [0.3, 0.4) is 0 Å².